The zero-order valence-electron chi connectivity index (χ0n) is 19.3. The minimum absolute atomic E-state index is 0.133. The molecule has 2 saturated carbocycles. The highest BCUT2D eigenvalue weighted by molar-refractivity contribution is 5.87. The van der Waals surface area contributed by atoms with E-state index in [0.29, 0.717) is 38.1 Å². The van der Waals surface area contributed by atoms with Crippen molar-refractivity contribution in [2.45, 2.75) is 69.5 Å². The highest BCUT2D eigenvalue weighted by Gasteiger charge is 2.72. The lowest BCUT2D eigenvalue weighted by atomic mass is 9.76. The normalized spacial score (nSPS) is 43.7. The highest BCUT2D eigenvalue weighted by atomic mass is 16.7. The van der Waals surface area contributed by atoms with Crippen molar-refractivity contribution in [3.63, 3.8) is 0 Å². The smallest absolute Gasteiger partial charge is 0.320 e. The standard InChI is InChI=1S/C24H33NO8/c1-24(2,14-10-12-3-4-13(14)9-12)33-23(28)17-16-18-21(32-22(16)27)20(19(17)31-18)30-15(26)11-25-5-7-29-8-6-25/h12-14,16-21H,3-11H2,1-2H3. The highest BCUT2D eigenvalue weighted by Crippen LogP contribution is 2.55. The maximum absolute atomic E-state index is 13.4. The molecule has 9 nitrogen and oxygen atoms in total. The van der Waals surface area contributed by atoms with Gasteiger partial charge in [0.05, 0.1) is 19.8 Å². The Bertz CT molecular complexity index is 838. The van der Waals surface area contributed by atoms with Crippen LogP contribution in [0.1, 0.15) is 39.5 Å². The lowest BCUT2D eigenvalue weighted by molar-refractivity contribution is -0.177. The van der Waals surface area contributed by atoms with E-state index in [1.54, 1.807) is 0 Å². The molecule has 4 heterocycles. The molecule has 6 fully saturated rings. The zero-order valence-corrected chi connectivity index (χ0v) is 19.3. The molecular weight excluding hydrogens is 430 g/mol. The monoisotopic (exact) mass is 463 g/mol. The second kappa shape index (κ2) is 7.92. The van der Waals surface area contributed by atoms with Crippen molar-refractivity contribution in [2.24, 2.45) is 29.6 Å². The molecule has 182 valence electrons. The second-order valence-corrected chi connectivity index (χ2v) is 11.2. The van der Waals surface area contributed by atoms with Gasteiger partial charge in [-0.15, -0.1) is 0 Å². The minimum atomic E-state index is -0.805. The number of fused-ring (bicyclic) bond motifs is 3. The van der Waals surface area contributed by atoms with E-state index < -0.39 is 59.8 Å². The van der Waals surface area contributed by atoms with Crippen LogP contribution in [0.2, 0.25) is 0 Å². The van der Waals surface area contributed by atoms with Gasteiger partial charge in [0.15, 0.2) is 12.2 Å². The fourth-order valence-electron chi connectivity index (χ4n) is 7.37. The molecule has 0 spiro atoms. The molecule has 0 aromatic rings. The van der Waals surface area contributed by atoms with Crippen molar-refractivity contribution >= 4 is 17.9 Å². The van der Waals surface area contributed by atoms with Crippen molar-refractivity contribution in [1.82, 2.24) is 4.90 Å². The van der Waals surface area contributed by atoms with Crippen LogP contribution in [0.15, 0.2) is 0 Å². The Labute approximate surface area is 193 Å². The number of carbonyl (C=O) groups is 3. The number of hydrogen-bond donors (Lipinski definition) is 0. The molecule has 9 heteroatoms. The van der Waals surface area contributed by atoms with Crippen LogP contribution in [0.25, 0.3) is 0 Å². The Morgan fingerprint density at radius 1 is 1.09 bits per heavy atom. The van der Waals surface area contributed by atoms with E-state index in [1.165, 1.54) is 19.3 Å². The summed E-state index contributed by atoms with van der Waals surface area (Å²) in [4.78, 5) is 40.6. The van der Waals surface area contributed by atoms with Crippen molar-refractivity contribution in [3.8, 4) is 0 Å². The van der Waals surface area contributed by atoms with Crippen LogP contribution in [0.3, 0.4) is 0 Å². The summed E-state index contributed by atoms with van der Waals surface area (Å²) < 4.78 is 28.7. The van der Waals surface area contributed by atoms with Gasteiger partial charge in [0.1, 0.15) is 29.6 Å². The van der Waals surface area contributed by atoms with Gasteiger partial charge in [-0.1, -0.05) is 6.42 Å². The maximum Gasteiger partial charge on any atom is 0.320 e. The van der Waals surface area contributed by atoms with Gasteiger partial charge in [-0.2, -0.15) is 0 Å². The van der Waals surface area contributed by atoms with Crippen molar-refractivity contribution in [1.29, 1.82) is 0 Å². The largest absolute Gasteiger partial charge is 0.459 e. The number of ether oxygens (including phenoxy) is 5. The van der Waals surface area contributed by atoms with Crippen molar-refractivity contribution in [2.75, 3.05) is 32.8 Å². The van der Waals surface area contributed by atoms with Gasteiger partial charge in [0.25, 0.3) is 0 Å². The van der Waals surface area contributed by atoms with E-state index in [2.05, 4.69) is 0 Å². The molecule has 0 aromatic carbocycles. The number of carbonyl (C=O) groups excluding carboxylic acids is 3. The average Bonchev–Trinajstić information content (AvgIpc) is 3.56. The van der Waals surface area contributed by atoms with Crippen LogP contribution in [0.4, 0.5) is 0 Å². The van der Waals surface area contributed by atoms with Crippen LogP contribution >= 0.6 is 0 Å². The Morgan fingerprint density at radius 2 is 1.88 bits per heavy atom. The number of esters is 3. The third-order valence-electron chi connectivity index (χ3n) is 8.90. The molecule has 2 aliphatic carbocycles. The fraction of sp³-hybridized carbons (Fsp3) is 0.875. The summed E-state index contributed by atoms with van der Waals surface area (Å²) in [6, 6.07) is 0. The second-order valence-electron chi connectivity index (χ2n) is 11.2. The van der Waals surface area contributed by atoms with Crippen LogP contribution < -0.4 is 0 Å². The summed E-state index contributed by atoms with van der Waals surface area (Å²) in [7, 11) is 0. The summed E-state index contributed by atoms with van der Waals surface area (Å²) in [5.74, 6) is -1.12. The SMILES string of the molecule is CC(C)(OC(=O)C1C2OC3C(OC(=O)C31)C2OC(=O)CN1CCOCC1)C1CC2CCC1C2. The Balaban J connectivity index is 1.14. The molecule has 0 N–H and O–H groups in total. The Morgan fingerprint density at radius 3 is 2.58 bits per heavy atom. The van der Waals surface area contributed by atoms with Crippen LogP contribution in [0, 0.1) is 29.6 Å². The first kappa shape index (κ1) is 21.8. The molecule has 33 heavy (non-hydrogen) atoms. The zero-order chi connectivity index (χ0) is 22.9. The van der Waals surface area contributed by atoms with E-state index in [9.17, 15) is 14.4 Å². The van der Waals surface area contributed by atoms with E-state index in [4.69, 9.17) is 23.7 Å². The van der Waals surface area contributed by atoms with Gasteiger partial charge in [0.2, 0.25) is 0 Å². The molecule has 0 aromatic heterocycles. The van der Waals surface area contributed by atoms with Gasteiger partial charge in [-0.05, 0) is 44.9 Å². The molecule has 0 radical (unpaired) electrons. The molecule has 4 bridgehead atoms. The minimum Gasteiger partial charge on any atom is -0.459 e. The number of rotatable bonds is 6. The predicted octanol–water partition coefficient (Wildman–Crippen LogP) is 0.927. The summed E-state index contributed by atoms with van der Waals surface area (Å²) in [6.45, 7) is 6.59. The Hall–Kier alpha value is -1.71. The van der Waals surface area contributed by atoms with Gasteiger partial charge < -0.3 is 23.7 Å². The molecule has 9 atom stereocenters. The summed E-state index contributed by atoms with van der Waals surface area (Å²) >= 11 is 0. The van der Waals surface area contributed by atoms with Crippen LogP contribution in [0.5, 0.6) is 0 Å². The molecule has 4 aliphatic heterocycles. The summed E-state index contributed by atoms with van der Waals surface area (Å²) in [6.07, 6.45) is 2.08. The first-order valence-electron chi connectivity index (χ1n) is 12.4. The van der Waals surface area contributed by atoms with Crippen molar-refractivity contribution < 1.29 is 38.1 Å². The molecule has 0 amide bonds. The first-order chi connectivity index (χ1) is 15.8. The topological polar surface area (TPSA) is 101 Å². The van der Waals surface area contributed by atoms with Crippen LogP contribution in [-0.4, -0.2) is 85.7 Å². The molecule has 6 rings (SSSR count). The van der Waals surface area contributed by atoms with E-state index in [-0.39, 0.29) is 6.54 Å². The van der Waals surface area contributed by atoms with Gasteiger partial charge >= 0.3 is 17.9 Å². The average molecular weight is 464 g/mol. The van der Waals surface area contributed by atoms with Gasteiger partial charge in [-0.25, -0.2) is 0 Å². The van der Waals surface area contributed by atoms with Crippen molar-refractivity contribution in [3.05, 3.63) is 0 Å². The fourth-order valence-corrected chi connectivity index (χ4v) is 7.37. The third-order valence-corrected chi connectivity index (χ3v) is 8.90. The van der Waals surface area contributed by atoms with E-state index >= 15 is 0 Å². The lowest BCUT2D eigenvalue weighted by Gasteiger charge is -2.38. The van der Waals surface area contributed by atoms with Crippen LogP contribution in [-0.2, 0) is 38.1 Å². The van der Waals surface area contributed by atoms with Gasteiger partial charge in [-0.3, -0.25) is 19.3 Å². The molecule has 4 saturated heterocycles. The quantitative estimate of drug-likeness (QED) is 0.421. The predicted molar refractivity (Wildman–Crippen MR) is 112 cm³/mol. The number of nitrogens with zero attached hydrogens (tertiary/aromatic N) is 1. The number of hydrogen-bond acceptors (Lipinski definition) is 9. The number of morpholine rings is 1. The molecule has 6 aliphatic rings. The third kappa shape index (κ3) is 3.58. The molecular formula is C24H33NO8. The molecule has 9 unspecified atom stereocenters. The van der Waals surface area contributed by atoms with E-state index in [0.717, 1.165) is 12.3 Å². The summed E-state index contributed by atoms with van der Waals surface area (Å²) in [5.41, 5.74) is -0.608. The van der Waals surface area contributed by atoms with E-state index in [1.807, 2.05) is 18.7 Å². The first-order valence-corrected chi connectivity index (χ1v) is 12.4. The summed E-state index contributed by atoms with van der Waals surface area (Å²) in [5, 5.41) is 0. The lowest BCUT2D eigenvalue weighted by Crippen LogP contribution is -2.51. The maximum atomic E-state index is 13.4. The Kier molecular flexibility index (Phi) is 5.23. The van der Waals surface area contributed by atoms with Gasteiger partial charge in [0, 0.05) is 19.0 Å².